The molecule has 0 spiro atoms. The maximum Gasteiger partial charge on any atom is 0.264 e. The van der Waals surface area contributed by atoms with Gasteiger partial charge in [-0.2, -0.15) is 0 Å². The highest BCUT2D eigenvalue weighted by Crippen LogP contribution is 2.25. The van der Waals surface area contributed by atoms with E-state index in [2.05, 4.69) is 4.72 Å². The van der Waals surface area contributed by atoms with Gasteiger partial charge < -0.3 is 10.7 Å². The van der Waals surface area contributed by atoms with Gasteiger partial charge in [-0.25, -0.2) is 11.3 Å². The predicted molar refractivity (Wildman–Crippen MR) is 76.0 cm³/mol. The molecule has 7 nitrogen and oxygen atoms in total. The number of carbonyl (C=O) groups excluding carboxylic acids is 1. The van der Waals surface area contributed by atoms with Crippen LogP contribution < -0.4 is 21.8 Å². The number of hydroxylamine groups is 1. The van der Waals surface area contributed by atoms with E-state index >= 15 is 0 Å². The summed E-state index contributed by atoms with van der Waals surface area (Å²) in [5, 5.41) is 11.5. The van der Waals surface area contributed by atoms with Gasteiger partial charge in [0.05, 0.1) is 4.21 Å². The van der Waals surface area contributed by atoms with Crippen molar-refractivity contribution in [2.45, 2.75) is 11.1 Å². The second-order valence-corrected chi connectivity index (χ2v) is 5.80. The van der Waals surface area contributed by atoms with Crippen molar-refractivity contribution in [3.05, 3.63) is 28.9 Å². The van der Waals surface area contributed by atoms with E-state index in [1.807, 2.05) is 18.4 Å². The molecular formula is C10H17N5O2S2. The van der Waals surface area contributed by atoms with Crippen molar-refractivity contribution < 1.29 is 10.0 Å². The van der Waals surface area contributed by atoms with Gasteiger partial charge in [-0.05, 0) is 35.9 Å². The molecule has 0 aliphatic carbocycles. The summed E-state index contributed by atoms with van der Waals surface area (Å²) in [5.74, 6) is 4.91. The van der Waals surface area contributed by atoms with Crippen molar-refractivity contribution in [2.24, 2.45) is 11.6 Å². The number of nitrogens with one attached hydrogen (secondary N) is 2. The molecule has 1 heterocycles. The molecule has 0 unspecified atom stereocenters. The maximum atomic E-state index is 10.8. The molecular weight excluding hydrogens is 286 g/mol. The minimum atomic E-state index is -0.608. The number of hydrogen-bond donors (Lipinski definition) is 5. The van der Waals surface area contributed by atoms with Gasteiger partial charge in [0.2, 0.25) is 0 Å². The predicted octanol–water partition coefficient (Wildman–Crippen LogP) is 0.134. The Bertz CT molecular complexity index is 449. The van der Waals surface area contributed by atoms with Crippen molar-refractivity contribution in [1.29, 1.82) is 0 Å². The van der Waals surface area contributed by atoms with Crippen LogP contribution >= 0.6 is 23.3 Å². The van der Waals surface area contributed by atoms with Gasteiger partial charge in [0.1, 0.15) is 6.54 Å². The van der Waals surface area contributed by atoms with Crippen LogP contribution in [0, 0.1) is 6.92 Å². The first-order valence-corrected chi connectivity index (χ1v) is 7.06. The van der Waals surface area contributed by atoms with Gasteiger partial charge in [0.15, 0.2) is 0 Å². The normalized spacial score (nSPS) is 11.4. The fourth-order valence-corrected chi connectivity index (χ4v) is 2.94. The quantitative estimate of drug-likeness (QED) is 0.210. The van der Waals surface area contributed by atoms with E-state index in [9.17, 15) is 4.79 Å². The van der Waals surface area contributed by atoms with Crippen molar-refractivity contribution >= 4 is 29.2 Å². The van der Waals surface area contributed by atoms with Gasteiger partial charge in [0.25, 0.3) is 5.91 Å². The second-order valence-electron chi connectivity index (χ2n) is 3.73. The average Bonchev–Trinajstić information content (AvgIpc) is 2.74. The first kappa shape index (κ1) is 15.8. The number of carbonyl (C=O) groups is 1. The molecule has 0 radical (unpaired) electrons. The number of thiophene rings is 1. The molecule has 9 heteroatoms. The molecule has 1 amide bonds. The lowest BCUT2D eigenvalue weighted by Gasteiger charge is -2.13. The largest absolute Gasteiger partial charge is 0.400 e. The minimum absolute atomic E-state index is 0.172. The summed E-state index contributed by atoms with van der Waals surface area (Å²) >= 11 is 3.15. The van der Waals surface area contributed by atoms with Crippen LogP contribution in [0.25, 0.3) is 0 Å². The number of rotatable bonds is 7. The Balaban J connectivity index is 2.32. The summed E-state index contributed by atoms with van der Waals surface area (Å²) in [5.41, 5.74) is 8.92. The molecule has 7 N–H and O–H groups in total. The lowest BCUT2D eigenvalue weighted by Crippen LogP contribution is -2.37. The number of aryl methyl sites for hydroxylation is 1. The smallest absolute Gasteiger partial charge is 0.264 e. The summed E-state index contributed by atoms with van der Waals surface area (Å²) < 4.78 is 4.28. The Labute approximate surface area is 119 Å². The number of nitrogens with zero attached hydrogens (tertiary/aromatic N) is 1. The van der Waals surface area contributed by atoms with Gasteiger partial charge in [-0.15, -0.1) is 11.3 Å². The summed E-state index contributed by atoms with van der Waals surface area (Å²) in [4.78, 5) is 10.8. The van der Waals surface area contributed by atoms with Crippen LogP contribution in [0.5, 0.6) is 0 Å². The standard InChI is InChI=1S/C10H17N5O2S2/c1-7-2-3-18-10(7)19-13-4-8(11)5-15(12)6-9(16)14-17/h2-3,5,13,17H,4,6,11-12H2,1H3,(H,14,16)/b8-5-. The van der Waals surface area contributed by atoms with Crippen LogP contribution in [-0.2, 0) is 4.79 Å². The monoisotopic (exact) mass is 303 g/mol. The number of hydrazine groups is 1. The Morgan fingerprint density at radius 1 is 1.68 bits per heavy atom. The molecule has 0 saturated heterocycles. The van der Waals surface area contributed by atoms with Crippen LogP contribution in [0.4, 0.5) is 0 Å². The average molecular weight is 303 g/mol. The first-order chi connectivity index (χ1) is 9.02. The van der Waals surface area contributed by atoms with E-state index in [-0.39, 0.29) is 6.54 Å². The Kier molecular flexibility index (Phi) is 6.67. The van der Waals surface area contributed by atoms with Crippen LogP contribution in [0.2, 0.25) is 0 Å². The lowest BCUT2D eigenvalue weighted by molar-refractivity contribution is -0.129. The van der Waals surface area contributed by atoms with E-state index in [0.29, 0.717) is 12.2 Å². The molecule has 0 atom stereocenters. The maximum absolute atomic E-state index is 10.8. The molecule has 0 bridgehead atoms. The summed E-state index contributed by atoms with van der Waals surface area (Å²) in [6.07, 6.45) is 1.43. The van der Waals surface area contributed by atoms with Crippen molar-refractivity contribution in [3.63, 3.8) is 0 Å². The van der Waals surface area contributed by atoms with E-state index in [1.165, 1.54) is 33.4 Å². The van der Waals surface area contributed by atoms with E-state index in [0.717, 1.165) is 5.01 Å². The molecule has 19 heavy (non-hydrogen) atoms. The zero-order chi connectivity index (χ0) is 14.3. The SMILES string of the molecule is Cc1ccsc1SNC/C(N)=C/N(N)CC(=O)NO. The molecule has 0 fully saturated rings. The van der Waals surface area contributed by atoms with Crippen LogP contribution in [0.1, 0.15) is 5.56 Å². The molecule has 0 saturated carbocycles. The number of nitrogens with two attached hydrogens (primary N) is 2. The van der Waals surface area contributed by atoms with Crippen LogP contribution in [0.15, 0.2) is 27.6 Å². The van der Waals surface area contributed by atoms with Gasteiger partial charge in [-0.1, -0.05) is 0 Å². The Hall–Kier alpha value is -1.26. The molecule has 0 aliphatic heterocycles. The van der Waals surface area contributed by atoms with Crippen molar-refractivity contribution in [1.82, 2.24) is 15.2 Å². The molecule has 1 aromatic heterocycles. The highest BCUT2D eigenvalue weighted by atomic mass is 32.2. The molecule has 106 valence electrons. The van der Waals surface area contributed by atoms with Crippen molar-refractivity contribution in [2.75, 3.05) is 13.1 Å². The zero-order valence-corrected chi connectivity index (χ0v) is 12.1. The third-order valence-electron chi connectivity index (χ3n) is 2.04. The van der Waals surface area contributed by atoms with Gasteiger partial charge in [-0.3, -0.25) is 14.7 Å². The fraction of sp³-hybridized carbons (Fsp3) is 0.300. The topological polar surface area (TPSA) is 117 Å². The lowest BCUT2D eigenvalue weighted by atomic mass is 10.4. The highest BCUT2D eigenvalue weighted by Gasteiger charge is 2.04. The third kappa shape index (κ3) is 5.94. The highest BCUT2D eigenvalue weighted by molar-refractivity contribution is 7.99. The fourth-order valence-electron chi connectivity index (χ4n) is 1.15. The van der Waals surface area contributed by atoms with Gasteiger partial charge in [0, 0.05) is 18.4 Å². The van der Waals surface area contributed by atoms with Gasteiger partial charge >= 0.3 is 0 Å². The van der Waals surface area contributed by atoms with Crippen molar-refractivity contribution in [3.8, 4) is 0 Å². The summed E-state index contributed by atoms with van der Waals surface area (Å²) in [7, 11) is 0. The first-order valence-electron chi connectivity index (χ1n) is 5.37. The second kappa shape index (κ2) is 8.02. The Morgan fingerprint density at radius 3 is 3.00 bits per heavy atom. The van der Waals surface area contributed by atoms with Crippen LogP contribution in [0.3, 0.4) is 0 Å². The Morgan fingerprint density at radius 2 is 2.42 bits per heavy atom. The van der Waals surface area contributed by atoms with Crippen LogP contribution in [-0.4, -0.2) is 29.2 Å². The summed E-state index contributed by atoms with van der Waals surface area (Å²) in [6.45, 7) is 2.29. The minimum Gasteiger partial charge on any atom is -0.400 e. The summed E-state index contributed by atoms with van der Waals surface area (Å²) in [6, 6.07) is 2.04. The number of amides is 1. The van der Waals surface area contributed by atoms with E-state index < -0.39 is 5.91 Å². The molecule has 1 rings (SSSR count). The molecule has 0 aromatic carbocycles. The molecule has 1 aromatic rings. The third-order valence-corrected chi connectivity index (χ3v) is 4.18. The number of hydrogen-bond acceptors (Lipinski definition) is 8. The molecule has 0 aliphatic rings. The van der Waals surface area contributed by atoms with E-state index in [1.54, 1.807) is 11.3 Å². The van der Waals surface area contributed by atoms with E-state index in [4.69, 9.17) is 16.8 Å². The zero-order valence-electron chi connectivity index (χ0n) is 10.4.